The second-order valence-corrected chi connectivity index (χ2v) is 7.58. The fraction of sp³-hybridized carbons (Fsp3) is 0.350. The summed E-state index contributed by atoms with van der Waals surface area (Å²) in [6.45, 7) is 1.95. The van der Waals surface area contributed by atoms with Gasteiger partial charge in [0.25, 0.3) is 0 Å². The van der Waals surface area contributed by atoms with Gasteiger partial charge < -0.3 is 20.6 Å². The number of carbonyl (C=O) groups is 1. The number of amides is 1. The Morgan fingerprint density at radius 1 is 1.21 bits per heavy atom. The maximum atomic E-state index is 12.6. The molecule has 0 spiro atoms. The summed E-state index contributed by atoms with van der Waals surface area (Å²) in [7, 11) is 1.74. The summed E-state index contributed by atoms with van der Waals surface area (Å²) in [5, 5.41) is 19.7. The van der Waals surface area contributed by atoms with Gasteiger partial charge in [-0.15, -0.1) is 0 Å². The minimum atomic E-state index is -4.48. The van der Waals surface area contributed by atoms with Gasteiger partial charge in [-0.1, -0.05) is 6.07 Å². The largest absolute Gasteiger partial charge is 0.433 e. The van der Waals surface area contributed by atoms with Gasteiger partial charge in [0, 0.05) is 31.5 Å². The summed E-state index contributed by atoms with van der Waals surface area (Å²) in [5.41, 5.74) is 1.10. The highest BCUT2D eigenvalue weighted by atomic mass is 19.4. The molecule has 0 radical (unpaired) electrons. The Labute approximate surface area is 186 Å². The molecule has 4 heterocycles. The third-order valence-corrected chi connectivity index (χ3v) is 5.25. The van der Waals surface area contributed by atoms with Crippen LogP contribution in [0.2, 0.25) is 0 Å². The first-order valence-corrected chi connectivity index (χ1v) is 9.98. The van der Waals surface area contributed by atoms with E-state index in [4.69, 9.17) is 0 Å². The molecule has 0 unspecified atom stereocenters. The first kappa shape index (κ1) is 22.5. The molecular formula is C20H21F3N8O2. The summed E-state index contributed by atoms with van der Waals surface area (Å²) in [4.78, 5) is 25.9. The average molecular weight is 462 g/mol. The van der Waals surface area contributed by atoms with Crippen LogP contribution in [0, 0.1) is 0 Å². The number of fused-ring (bicyclic) bond motifs is 1. The van der Waals surface area contributed by atoms with Crippen molar-refractivity contribution < 1.29 is 23.1 Å². The lowest BCUT2D eigenvalue weighted by Crippen LogP contribution is -2.45. The number of nitrogens with one attached hydrogen (secondary N) is 2. The zero-order chi connectivity index (χ0) is 23.8. The Morgan fingerprint density at radius 2 is 2.00 bits per heavy atom. The van der Waals surface area contributed by atoms with Crippen molar-refractivity contribution in [1.82, 2.24) is 24.7 Å². The average Bonchev–Trinajstić information content (AvgIpc) is 3.23. The molecule has 10 nitrogen and oxygen atoms in total. The van der Waals surface area contributed by atoms with Gasteiger partial charge in [-0.25, -0.2) is 4.98 Å². The molecule has 0 aliphatic carbocycles. The molecular weight excluding hydrogens is 441 g/mol. The van der Waals surface area contributed by atoms with Crippen LogP contribution in [0.3, 0.4) is 0 Å². The van der Waals surface area contributed by atoms with Crippen molar-refractivity contribution in [2.24, 2.45) is 0 Å². The number of hydrogen-bond donors (Lipinski definition) is 3. The Hall–Kier alpha value is -3.74. The molecule has 0 saturated heterocycles. The van der Waals surface area contributed by atoms with Crippen LogP contribution in [-0.2, 0) is 30.7 Å². The van der Waals surface area contributed by atoms with Crippen molar-refractivity contribution in [2.75, 3.05) is 22.6 Å². The van der Waals surface area contributed by atoms with E-state index in [0.29, 0.717) is 29.3 Å². The van der Waals surface area contributed by atoms with Crippen molar-refractivity contribution in [2.45, 2.75) is 38.8 Å². The summed E-state index contributed by atoms with van der Waals surface area (Å²) in [5.74, 6) is 0.557. The predicted molar refractivity (Wildman–Crippen MR) is 112 cm³/mol. The van der Waals surface area contributed by atoms with Gasteiger partial charge in [0.15, 0.2) is 5.82 Å². The zero-order valence-corrected chi connectivity index (χ0v) is 17.8. The molecule has 13 heteroatoms. The van der Waals surface area contributed by atoms with Crippen LogP contribution in [0.5, 0.6) is 0 Å². The molecule has 1 aliphatic rings. The molecule has 0 fully saturated rings. The van der Waals surface area contributed by atoms with Gasteiger partial charge in [-0.3, -0.25) is 14.5 Å². The van der Waals surface area contributed by atoms with E-state index < -0.39 is 17.9 Å². The molecule has 33 heavy (non-hydrogen) atoms. The van der Waals surface area contributed by atoms with Crippen LogP contribution < -0.4 is 15.5 Å². The van der Waals surface area contributed by atoms with E-state index in [0.717, 1.165) is 11.6 Å². The number of aliphatic hydroxyl groups is 1. The number of alkyl halides is 3. The number of aliphatic hydroxyl groups excluding tert-OH is 1. The second kappa shape index (κ2) is 8.65. The minimum Gasteiger partial charge on any atom is -0.390 e. The topological polar surface area (TPSA) is 121 Å². The number of hydrogen-bond acceptors (Lipinski definition) is 8. The standard InChI is InChI=1S/C20H21F3N8O2/c1-11-18(33)28-16-14(10-32)27-19(29-17(16)30(11)2)25-6-13-7-26-31(9-13)8-12-3-4-15(24-5-12)20(21,22)23/h3-5,7,9,11,32H,6,8,10H2,1-2H3,(H,28,33)(H,25,27,29)/t11-/m0/s1. The molecule has 1 amide bonds. The van der Waals surface area contributed by atoms with Crippen LogP contribution in [-0.4, -0.2) is 48.8 Å². The lowest BCUT2D eigenvalue weighted by atomic mass is 10.2. The monoisotopic (exact) mass is 462 g/mol. The van der Waals surface area contributed by atoms with Gasteiger partial charge in [0.1, 0.15) is 17.4 Å². The molecule has 174 valence electrons. The van der Waals surface area contributed by atoms with Crippen molar-refractivity contribution in [3.8, 4) is 0 Å². The summed E-state index contributed by atoms with van der Waals surface area (Å²) in [6, 6.07) is 1.88. The van der Waals surface area contributed by atoms with E-state index >= 15 is 0 Å². The Bertz CT molecular complexity index is 1160. The molecule has 3 aromatic heterocycles. The maximum Gasteiger partial charge on any atom is 0.433 e. The lowest BCUT2D eigenvalue weighted by molar-refractivity contribution is -0.141. The number of pyridine rings is 1. The molecule has 1 atom stereocenters. The van der Waals surface area contributed by atoms with Crippen LogP contribution in [0.4, 0.5) is 30.6 Å². The molecule has 0 aromatic carbocycles. The van der Waals surface area contributed by atoms with E-state index in [1.54, 1.807) is 35.9 Å². The normalized spacial score (nSPS) is 15.9. The fourth-order valence-corrected chi connectivity index (χ4v) is 3.30. The number of likely N-dealkylation sites (N-methyl/N-ethyl adjacent to an activating group) is 1. The van der Waals surface area contributed by atoms with Crippen LogP contribution >= 0.6 is 0 Å². The van der Waals surface area contributed by atoms with Gasteiger partial charge in [0.2, 0.25) is 11.9 Å². The highest BCUT2D eigenvalue weighted by Crippen LogP contribution is 2.32. The number of nitrogens with zero attached hydrogens (tertiary/aromatic N) is 6. The first-order valence-electron chi connectivity index (χ1n) is 9.98. The smallest absolute Gasteiger partial charge is 0.390 e. The molecule has 0 bridgehead atoms. The number of aromatic nitrogens is 5. The molecule has 4 rings (SSSR count). The number of carbonyl (C=O) groups excluding carboxylic acids is 1. The molecule has 3 aromatic rings. The summed E-state index contributed by atoms with van der Waals surface area (Å²) < 4.78 is 39.5. The van der Waals surface area contributed by atoms with E-state index in [1.165, 1.54) is 12.3 Å². The molecule has 0 saturated carbocycles. The number of anilines is 3. The zero-order valence-electron chi connectivity index (χ0n) is 17.8. The van der Waals surface area contributed by atoms with Gasteiger partial charge in [-0.2, -0.15) is 23.3 Å². The first-order chi connectivity index (χ1) is 15.7. The third kappa shape index (κ3) is 4.72. The predicted octanol–water partition coefficient (Wildman–Crippen LogP) is 2.02. The minimum absolute atomic E-state index is 0.209. The maximum absolute atomic E-state index is 12.6. The Balaban J connectivity index is 1.44. The summed E-state index contributed by atoms with van der Waals surface area (Å²) in [6.07, 6.45) is 0.0565. The highest BCUT2D eigenvalue weighted by molar-refractivity contribution is 6.03. The Kier molecular flexibility index (Phi) is 5.89. The van der Waals surface area contributed by atoms with Crippen molar-refractivity contribution in [3.63, 3.8) is 0 Å². The van der Waals surface area contributed by atoms with Gasteiger partial charge in [0.05, 0.1) is 25.0 Å². The number of rotatable bonds is 6. The lowest BCUT2D eigenvalue weighted by Gasteiger charge is -2.32. The van der Waals surface area contributed by atoms with Gasteiger partial charge in [-0.05, 0) is 18.6 Å². The van der Waals surface area contributed by atoms with Gasteiger partial charge >= 0.3 is 6.18 Å². The van der Waals surface area contributed by atoms with E-state index in [9.17, 15) is 23.1 Å². The van der Waals surface area contributed by atoms with E-state index in [-0.39, 0.29) is 25.0 Å². The number of halogens is 3. The van der Waals surface area contributed by atoms with E-state index in [2.05, 4.69) is 30.7 Å². The third-order valence-electron chi connectivity index (χ3n) is 5.25. The van der Waals surface area contributed by atoms with Crippen LogP contribution in [0.1, 0.15) is 29.4 Å². The van der Waals surface area contributed by atoms with Crippen LogP contribution in [0.15, 0.2) is 30.7 Å². The SMILES string of the molecule is C[C@H]1C(=O)Nc2c(CO)nc(NCc3cnn(Cc4ccc(C(F)(F)F)nc4)c3)nc2N1C. The summed E-state index contributed by atoms with van der Waals surface area (Å²) >= 11 is 0. The van der Waals surface area contributed by atoms with Crippen LogP contribution in [0.25, 0.3) is 0 Å². The Morgan fingerprint density at radius 3 is 2.67 bits per heavy atom. The van der Waals surface area contributed by atoms with Crippen molar-refractivity contribution >= 4 is 23.4 Å². The second-order valence-electron chi connectivity index (χ2n) is 7.58. The highest BCUT2D eigenvalue weighted by Gasteiger charge is 2.32. The molecule has 1 aliphatic heterocycles. The van der Waals surface area contributed by atoms with E-state index in [1.807, 2.05) is 0 Å². The molecule has 3 N–H and O–H groups in total. The fourth-order valence-electron chi connectivity index (χ4n) is 3.30. The van der Waals surface area contributed by atoms with Crippen molar-refractivity contribution in [1.29, 1.82) is 0 Å². The van der Waals surface area contributed by atoms with Crippen molar-refractivity contribution in [3.05, 3.63) is 53.2 Å². The quantitative estimate of drug-likeness (QED) is 0.509.